The van der Waals surface area contributed by atoms with Crippen LogP contribution in [0.3, 0.4) is 0 Å². The number of aromatic amines is 1. The van der Waals surface area contributed by atoms with Gasteiger partial charge in [0.15, 0.2) is 5.82 Å². The van der Waals surface area contributed by atoms with Crippen LogP contribution in [0.4, 0.5) is 27.8 Å². The van der Waals surface area contributed by atoms with Crippen molar-refractivity contribution in [2.75, 3.05) is 50.9 Å². The highest BCUT2D eigenvalue weighted by molar-refractivity contribution is 6.06. The summed E-state index contributed by atoms with van der Waals surface area (Å²) in [6.07, 6.45) is -1.40. The minimum atomic E-state index is -4.85. The van der Waals surface area contributed by atoms with E-state index in [1.165, 1.54) is 25.4 Å². The molecule has 0 amide bonds. The van der Waals surface area contributed by atoms with Gasteiger partial charge in [0.1, 0.15) is 35.4 Å². The van der Waals surface area contributed by atoms with E-state index < -0.39 is 46.1 Å². The number of rotatable bonds is 5. The molecule has 3 fully saturated rings. The maximum atomic E-state index is 17.3. The largest absolute Gasteiger partial charge is 0.461 e. The highest BCUT2D eigenvalue weighted by Crippen LogP contribution is 2.46. The molecule has 3 aliphatic heterocycles. The average molecular weight is 673 g/mol. The van der Waals surface area contributed by atoms with Crippen LogP contribution in [-0.2, 0) is 10.9 Å². The van der Waals surface area contributed by atoms with Gasteiger partial charge in [-0.1, -0.05) is 0 Å². The molecule has 8 rings (SSSR count). The number of hydrogen-bond donors (Lipinski definition) is 2. The van der Waals surface area contributed by atoms with Gasteiger partial charge >= 0.3 is 12.2 Å². The van der Waals surface area contributed by atoms with E-state index in [1.54, 1.807) is 17.9 Å². The van der Waals surface area contributed by atoms with Crippen molar-refractivity contribution in [3.63, 3.8) is 0 Å². The number of aryl methyl sites for hydroxylation is 1. The summed E-state index contributed by atoms with van der Waals surface area (Å²) in [6, 6.07) is 2.66. The van der Waals surface area contributed by atoms with E-state index in [0.29, 0.717) is 13.0 Å². The molecule has 0 saturated carbocycles. The van der Waals surface area contributed by atoms with Crippen LogP contribution in [0.1, 0.15) is 37.3 Å². The number of ether oxygens (including phenoxy) is 2. The minimum Gasteiger partial charge on any atom is -0.461 e. The Morgan fingerprint density at radius 3 is 2.88 bits per heavy atom. The molecule has 7 heterocycles. The number of halogens is 5. The molecule has 0 aliphatic carbocycles. The molecule has 254 valence electrons. The maximum absolute atomic E-state index is 17.3. The second kappa shape index (κ2) is 10.9. The van der Waals surface area contributed by atoms with Crippen LogP contribution in [0.2, 0.25) is 0 Å². The Morgan fingerprint density at radius 2 is 2.06 bits per heavy atom. The third-order valence-corrected chi connectivity index (χ3v) is 9.84. The van der Waals surface area contributed by atoms with Crippen LogP contribution < -0.4 is 9.64 Å². The number of hydrogen-bond acceptors (Lipinski definition) is 9. The summed E-state index contributed by atoms with van der Waals surface area (Å²) in [5, 5.41) is 22.2. The van der Waals surface area contributed by atoms with Gasteiger partial charge in [-0.2, -0.15) is 33.3 Å². The Kier molecular flexibility index (Phi) is 7.09. The SMILES string of the molecule is Cc1cc2[nH]ncc2c(-c2c(F)c3nc(OCC45CCCN4CC(F)C5)nc(N4CCOCC(C)(O)C4)c3c3ccnn23)c1C(F)(F)F. The molecule has 1 aromatic carbocycles. The highest BCUT2D eigenvalue weighted by atomic mass is 19.4. The molecule has 0 radical (unpaired) electrons. The Labute approximate surface area is 270 Å². The van der Waals surface area contributed by atoms with Crippen molar-refractivity contribution in [1.82, 2.24) is 34.7 Å². The minimum absolute atomic E-state index is 0.0491. The van der Waals surface area contributed by atoms with E-state index >= 15 is 4.39 Å². The summed E-state index contributed by atoms with van der Waals surface area (Å²) in [7, 11) is 0. The zero-order valence-corrected chi connectivity index (χ0v) is 26.2. The van der Waals surface area contributed by atoms with Crippen molar-refractivity contribution in [2.24, 2.45) is 0 Å². The number of nitrogens with one attached hydrogen (secondary N) is 1. The number of aromatic nitrogens is 6. The zero-order valence-electron chi connectivity index (χ0n) is 26.2. The Morgan fingerprint density at radius 1 is 1.23 bits per heavy atom. The van der Waals surface area contributed by atoms with E-state index in [2.05, 4.69) is 25.2 Å². The number of alkyl halides is 4. The monoisotopic (exact) mass is 672 g/mol. The van der Waals surface area contributed by atoms with Gasteiger partial charge in [-0.05, 0) is 50.9 Å². The number of fused-ring (bicyclic) bond motifs is 5. The lowest BCUT2D eigenvalue weighted by atomic mass is 9.94. The first-order valence-corrected chi connectivity index (χ1v) is 15.8. The fraction of sp³-hybridized carbons (Fsp3) is 0.500. The van der Waals surface area contributed by atoms with Crippen molar-refractivity contribution in [2.45, 2.75) is 56.6 Å². The summed E-state index contributed by atoms with van der Waals surface area (Å²) in [6.45, 7) is 4.58. The van der Waals surface area contributed by atoms with Crippen molar-refractivity contribution >= 4 is 33.1 Å². The smallest absolute Gasteiger partial charge is 0.417 e. The van der Waals surface area contributed by atoms with Gasteiger partial charge < -0.3 is 19.5 Å². The lowest BCUT2D eigenvalue weighted by Crippen LogP contribution is -2.44. The summed E-state index contributed by atoms with van der Waals surface area (Å²) < 4.78 is 89.1. The third-order valence-electron chi connectivity index (χ3n) is 9.84. The number of H-pyrrole nitrogens is 1. The Balaban J connectivity index is 1.39. The number of pyridine rings is 1. The van der Waals surface area contributed by atoms with Gasteiger partial charge in [0.25, 0.3) is 0 Å². The van der Waals surface area contributed by atoms with Gasteiger partial charge in [-0.25, -0.2) is 13.3 Å². The topological polar surface area (TPSA) is 117 Å². The highest BCUT2D eigenvalue weighted by Gasteiger charge is 2.49. The summed E-state index contributed by atoms with van der Waals surface area (Å²) in [4.78, 5) is 13.0. The molecule has 3 atom stereocenters. The number of β-amino-alcohol motifs (C(OH)–C–C–N with tert-alkyl or cyclic N) is 1. The maximum Gasteiger partial charge on any atom is 0.417 e. The predicted octanol–water partition coefficient (Wildman–Crippen LogP) is 4.83. The molecule has 4 aromatic heterocycles. The van der Waals surface area contributed by atoms with Gasteiger partial charge in [0, 0.05) is 30.5 Å². The molecule has 16 heteroatoms. The zero-order chi connectivity index (χ0) is 33.6. The van der Waals surface area contributed by atoms with Crippen LogP contribution in [0, 0.1) is 12.7 Å². The van der Waals surface area contributed by atoms with Crippen LogP contribution in [0.15, 0.2) is 24.5 Å². The van der Waals surface area contributed by atoms with Crippen LogP contribution >= 0.6 is 0 Å². The van der Waals surface area contributed by atoms with Gasteiger partial charge in [-0.3, -0.25) is 10.00 Å². The summed E-state index contributed by atoms with van der Waals surface area (Å²) >= 11 is 0. The average Bonchev–Trinajstić information content (AvgIpc) is 3.79. The lowest BCUT2D eigenvalue weighted by Gasteiger charge is -2.31. The molecule has 0 bridgehead atoms. The van der Waals surface area contributed by atoms with Crippen LogP contribution in [-0.4, -0.2) is 103 Å². The van der Waals surface area contributed by atoms with Crippen molar-refractivity contribution in [1.29, 1.82) is 0 Å². The van der Waals surface area contributed by atoms with Crippen molar-refractivity contribution in [3.05, 3.63) is 41.5 Å². The van der Waals surface area contributed by atoms with Crippen molar-refractivity contribution in [3.8, 4) is 17.3 Å². The van der Waals surface area contributed by atoms with Crippen LogP contribution in [0.5, 0.6) is 6.01 Å². The first-order valence-electron chi connectivity index (χ1n) is 15.8. The standard InChI is InChI=1S/C32H33F5N8O3/c1-17-10-20-19(12-38-42-20)22(24(17)32(35,36)37)27-25(34)26-23(21-4-6-39-45(21)27)28(43-8-9-47-15-30(2,46)14-43)41-29(40-26)48-16-31-5-3-7-44(31)13-18(33)11-31/h4,6,10,12,18,46H,3,5,7-9,11,13-16H2,1-2H3,(H,38,42). The second-order valence-corrected chi connectivity index (χ2v) is 13.5. The third kappa shape index (κ3) is 4.94. The number of anilines is 1. The lowest BCUT2D eigenvalue weighted by molar-refractivity contribution is -0.137. The molecule has 2 N–H and O–H groups in total. The van der Waals surface area contributed by atoms with Crippen molar-refractivity contribution < 1.29 is 36.5 Å². The number of benzene rings is 1. The van der Waals surface area contributed by atoms with E-state index in [1.807, 2.05) is 0 Å². The fourth-order valence-electron chi connectivity index (χ4n) is 7.88. The summed E-state index contributed by atoms with van der Waals surface area (Å²) in [5.74, 6) is -0.877. The predicted molar refractivity (Wildman–Crippen MR) is 165 cm³/mol. The molecule has 3 unspecified atom stereocenters. The van der Waals surface area contributed by atoms with E-state index in [9.17, 15) is 22.7 Å². The Hall–Kier alpha value is -4.15. The van der Waals surface area contributed by atoms with E-state index in [4.69, 9.17) is 14.5 Å². The van der Waals surface area contributed by atoms with E-state index in [-0.39, 0.29) is 84.0 Å². The van der Waals surface area contributed by atoms with Gasteiger partial charge in [0.05, 0.1) is 59.7 Å². The molecule has 48 heavy (non-hydrogen) atoms. The normalized spacial score (nSPS) is 25.4. The fourth-order valence-corrected chi connectivity index (χ4v) is 7.88. The molecule has 5 aromatic rings. The van der Waals surface area contributed by atoms with Gasteiger partial charge in [0.2, 0.25) is 0 Å². The first-order chi connectivity index (χ1) is 22.9. The van der Waals surface area contributed by atoms with E-state index in [0.717, 1.165) is 17.5 Å². The molecule has 3 saturated heterocycles. The van der Waals surface area contributed by atoms with Gasteiger partial charge in [-0.15, -0.1) is 0 Å². The molecular weight excluding hydrogens is 639 g/mol. The molecule has 11 nitrogen and oxygen atoms in total. The Bertz CT molecular complexity index is 2060. The first kappa shape index (κ1) is 31.1. The van der Waals surface area contributed by atoms with Crippen LogP contribution in [0.25, 0.3) is 38.6 Å². The molecule has 3 aliphatic rings. The molecular formula is C32H33F5N8O3. The quantitative estimate of drug-likeness (QED) is 0.253. The number of aliphatic hydroxyl groups is 1. The molecule has 0 spiro atoms. The number of nitrogens with zero attached hydrogens (tertiary/aromatic N) is 7. The second-order valence-electron chi connectivity index (χ2n) is 13.5. The summed E-state index contributed by atoms with van der Waals surface area (Å²) in [5.41, 5.74) is -3.66.